The largest absolute Gasteiger partial charge is 0.369 e. The number of hydrogen-bond donors (Lipinski definition) is 2. The molecule has 0 radical (unpaired) electrons. The van der Waals surface area contributed by atoms with Gasteiger partial charge in [0.1, 0.15) is 4.90 Å². The molecule has 3 N–H and O–H groups in total. The topological polar surface area (TPSA) is 119 Å². The number of nitrogens with two attached hydrogens (primary N) is 1. The maximum Gasteiger partial charge on any atom is 0.284 e. The summed E-state index contributed by atoms with van der Waals surface area (Å²) in [6.45, 7) is 10.4. The van der Waals surface area contributed by atoms with Gasteiger partial charge in [0, 0.05) is 23.1 Å². The predicted octanol–water partition coefficient (Wildman–Crippen LogP) is 4.38. The molecule has 2 bridgehead atoms. The summed E-state index contributed by atoms with van der Waals surface area (Å²) < 4.78 is 2.01. The Bertz CT molecular complexity index is 857. The molecule has 2 amide bonds. The summed E-state index contributed by atoms with van der Waals surface area (Å²) in [6.07, 6.45) is 4.73. The minimum Gasteiger partial charge on any atom is -0.369 e. The molecular formula is C24H38N4O4S. The number of nitro benzene ring substituents is 1. The van der Waals surface area contributed by atoms with E-state index < -0.39 is 0 Å². The summed E-state index contributed by atoms with van der Waals surface area (Å²) >= 11 is 1.40. The molecule has 0 spiro atoms. The molecule has 8 nitrogen and oxygen atoms in total. The van der Waals surface area contributed by atoms with Gasteiger partial charge in [-0.2, -0.15) is 0 Å². The molecule has 5 atom stereocenters. The van der Waals surface area contributed by atoms with Crippen molar-refractivity contribution in [3.63, 3.8) is 0 Å². The highest BCUT2D eigenvalue weighted by atomic mass is 32.2. The second kappa shape index (κ2) is 10.9. The van der Waals surface area contributed by atoms with Crippen LogP contribution in [-0.2, 0) is 9.59 Å². The van der Waals surface area contributed by atoms with Gasteiger partial charge in [0.05, 0.1) is 4.92 Å². The first-order valence-electron chi connectivity index (χ1n) is 11.4. The van der Waals surface area contributed by atoms with Crippen molar-refractivity contribution in [2.45, 2.75) is 76.8 Å². The monoisotopic (exact) mass is 478 g/mol. The van der Waals surface area contributed by atoms with Gasteiger partial charge in [0.2, 0.25) is 12.3 Å². The molecule has 3 rings (SSSR count). The van der Waals surface area contributed by atoms with Gasteiger partial charge in [-0.1, -0.05) is 26.0 Å². The van der Waals surface area contributed by atoms with Gasteiger partial charge in [0.25, 0.3) is 5.69 Å². The van der Waals surface area contributed by atoms with E-state index in [1.54, 1.807) is 12.1 Å². The fourth-order valence-electron chi connectivity index (χ4n) is 5.03. The van der Waals surface area contributed by atoms with Gasteiger partial charge in [-0.05, 0) is 89.3 Å². The van der Waals surface area contributed by atoms with Crippen molar-refractivity contribution in [2.75, 3.05) is 7.05 Å². The van der Waals surface area contributed by atoms with Gasteiger partial charge in [-0.3, -0.25) is 19.7 Å². The normalized spacial score (nSPS) is 28.9. The second-order valence-electron chi connectivity index (χ2n) is 10.7. The number of rotatable bonds is 6. The standard InChI is InChI=1S/C13H22N2O2.C11H16N2O2S/c1-8-3-9-4-10(11(8)15-7-16)6-13(2,5-9)12(14)17;1-11(2,3)12(4)16-10-8-6-5-7-9(10)13(14)15/h7-11H,3-6H2,1-2H3,(H2,14,17)(H,15,16);5-8H,1-4H3. The second-order valence-corrected chi connectivity index (χ2v) is 11.9. The lowest BCUT2D eigenvalue weighted by molar-refractivity contribution is -0.387. The van der Waals surface area contributed by atoms with E-state index in [1.165, 1.54) is 18.0 Å². The fourth-order valence-corrected chi connectivity index (χ4v) is 5.98. The zero-order valence-corrected chi connectivity index (χ0v) is 21.4. The first-order valence-corrected chi connectivity index (χ1v) is 12.2. The summed E-state index contributed by atoms with van der Waals surface area (Å²) in [5.41, 5.74) is 5.27. The highest BCUT2D eigenvalue weighted by molar-refractivity contribution is 7.97. The van der Waals surface area contributed by atoms with E-state index in [4.69, 9.17) is 5.73 Å². The van der Waals surface area contributed by atoms with E-state index in [9.17, 15) is 19.7 Å². The van der Waals surface area contributed by atoms with Crippen LogP contribution in [0.2, 0.25) is 0 Å². The van der Waals surface area contributed by atoms with Crippen LogP contribution in [-0.4, -0.2) is 40.2 Å². The Kier molecular flexibility index (Phi) is 8.93. The average Bonchev–Trinajstić information content (AvgIpc) is 2.70. The Morgan fingerprint density at radius 1 is 1.30 bits per heavy atom. The summed E-state index contributed by atoms with van der Waals surface area (Å²) in [5.74, 6) is 1.30. The van der Waals surface area contributed by atoms with Crippen molar-refractivity contribution in [2.24, 2.45) is 28.9 Å². The molecule has 1 aromatic carbocycles. The predicted molar refractivity (Wildman–Crippen MR) is 131 cm³/mol. The molecule has 1 aromatic rings. The zero-order valence-electron chi connectivity index (χ0n) is 20.5. The summed E-state index contributed by atoms with van der Waals surface area (Å²) in [4.78, 5) is 33.4. The Balaban J connectivity index is 0.000000234. The van der Waals surface area contributed by atoms with Crippen LogP contribution in [0.3, 0.4) is 0 Å². The number of amides is 2. The van der Waals surface area contributed by atoms with Crippen LogP contribution in [0.4, 0.5) is 5.69 Å². The van der Waals surface area contributed by atoms with E-state index in [-0.39, 0.29) is 33.5 Å². The highest BCUT2D eigenvalue weighted by Crippen LogP contribution is 2.50. The lowest BCUT2D eigenvalue weighted by Crippen LogP contribution is -2.53. The van der Waals surface area contributed by atoms with E-state index in [2.05, 4.69) is 33.0 Å². The van der Waals surface area contributed by atoms with Crippen molar-refractivity contribution in [3.8, 4) is 0 Å². The Morgan fingerprint density at radius 2 is 1.94 bits per heavy atom. The molecule has 0 heterocycles. The minimum absolute atomic E-state index is 0.0334. The van der Waals surface area contributed by atoms with Crippen LogP contribution in [0.15, 0.2) is 29.2 Å². The van der Waals surface area contributed by atoms with Crippen molar-refractivity contribution in [3.05, 3.63) is 34.4 Å². The van der Waals surface area contributed by atoms with Gasteiger partial charge in [0.15, 0.2) is 0 Å². The molecule has 2 aliphatic carbocycles. The number of nitrogens with one attached hydrogen (secondary N) is 1. The van der Waals surface area contributed by atoms with Crippen LogP contribution in [0.25, 0.3) is 0 Å². The number of nitrogens with zero attached hydrogens (tertiary/aromatic N) is 2. The zero-order chi connectivity index (χ0) is 25.0. The van der Waals surface area contributed by atoms with E-state index >= 15 is 0 Å². The number of fused-ring (bicyclic) bond motifs is 2. The smallest absolute Gasteiger partial charge is 0.284 e. The number of carbonyl (C=O) groups is 2. The van der Waals surface area contributed by atoms with Crippen LogP contribution in [0, 0.1) is 33.3 Å². The molecule has 9 heteroatoms. The van der Waals surface area contributed by atoms with Crippen molar-refractivity contribution < 1.29 is 14.5 Å². The third-order valence-electron chi connectivity index (χ3n) is 7.01. The average molecular weight is 479 g/mol. The van der Waals surface area contributed by atoms with Crippen LogP contribution < -0.4 is 11.1 Å². The third-order valence-corrected chi connectivity index (χ3v) is 8.37. The molecule has 5 unspecified atom stereocenters. The quantitative estimate of drug-likeness (QED) is 0.271. The molecule has 2 saturated carbocycles. The molecule has 2 fully saturated rings. The number of para-hydroxylation sites is 1. The highest BCUT2D eigenvalue weighted by Gasteiger charge is 2.47. The third kappa shape index (κ3) is 6.93. The van der Waals surface area contributed by atoms with Crippen LogP contribution in [0.1, 0.15) is 60.3 Å². The van der Waals surface area contributed by atoms with Crippen molar-refractivity contribution >= 4 is 30.0 Å². The molecule has 2 aliphatic rings. The Labute approximate surface area is 201 Å². The summed E-state index contributed by atoms with van der Waals surface area (Å²) in [7, 11) is 1.93. The Morgan fingerprint density at radius 3 is 2.48 bits per heavy atom. The SMILES string of the molecule is CC1CC2CC(CC(C)(C(N)=O)C2)C1NC=O.CN(Sc1ccccc1[N+](=O)[O-])C(C)(C)C. The van der Waals surface area contributed by atoms with E-state index in [0.29, 0.717) is 22.6 Å². The number of hydrogen-bond acceptors (Lipinski definition) is 6. The Hall–Kier alpha value is -2.13. The van der Waals surface area contributed by atoms with E-state index in [0.717, 1.165) is 32.1 Å². The fraction of sp³-hybridized carbons (Fsp3) is 0.667. The van der Waals surface area contributed by atoms with Crippen molar-refractivity contribution in [1.82, 2.24) is 9.62 Å². The molecular weight excluding hydrogens is 440 g/mol. The van der Waals surface area contributed by atoms with Crippen LogP contribution >= 0.6 is 11.9 Å². The van der Waals surface area contributed by atoms with Crippen molar-refractivity contribution in [1.29, 1.82) is 0 Å². The summed E-state index contributed by atoms with van der Waals surface area (Å²) in [5, 5.41) is 13.8. The number of primary amides is 1. The van der Waals surface area contributed by atoms with Gasteiger partial charge in [-0.15, -0.1) is 0 Å². The number of carbonyl (C=O) groups excluding carboxylic acids is 2. The lowest BCUT2D eigenvalue weighted by Gasteiger charge is -2.49. The first kappa shape index (κ1) is 27.1. The first-order chi connectivity index (χ1) is 15.3. The van der Waals surface area contributed by atoms with Gasteiger partial charge >= 0.3 is 0 Å². The molecule has 33 heavy (non-hydrogen) atoms. The molecule has 0 saturated heterocycles. The molecule has 0 aliphatic heterocycles. The lowest BCUT2D eigenvalue weighted by atomic mass is 9.57. The van der Waals surface area contributed by atoms with Gasteiger partial charge < -0.3 is 11.1 Å². The van der Waals surface area contributed by atoms with E-state index in [1.807, 2.05) is 24.3 Å². The number of benzene rings is 1. The number of nitro groups is 1. The van der Waals surface area contributed by atoms with Gasteiger partial charge in [-0.25, -0.2) is 4.31 Å². The van der Waals surface area contributed by atoms with Crippen LogP contribution in [0.5, 0.6) is 0 Å². The summed E-state index contributed by atoms with van der Waals surface area (Å²) in [6, 6.07) is 7.00. The molecule has 0 aromatic heterocycles. The molecule has 184 valence electrons. The minimum atomic E-state index is -0.378. The maximum absolute atomic E-state index is 11.6. The maximum atomic E-state index is 11.6.